The van der Waals surface area contributed by atoms with Crippen LogP contribution in [0, 0.1) is 0 Å². The minimum atomic E-state index is -0.0996. The molecule has 0 fully saturated rings. The molecule has 5 heteroatoms. The number of aromatic nitrogens is 2. The Bertz CT molecular complexity index is 563. The van der Waals surface area contributed by atoms with Gasteiger partial charge in [0.1, 0.15) is 5.75 Å². The van der Waals surface area contributed by atoms with Crippen molar-refractivity contribution in [1.82, 2.24) is 15.1 Å². The molecule has 0 unspecified atom stereocenters. The van der Waals surface area contributed by atoms with Gasteiger partial charge in [-0.3, -0.25) is 9.48 Å². The average molecular weight is 259 g/mol. The fourth-order valence-electron chi connectivity index (χ4n) is 1.82. The molecule has 0 bridgehead atoms. The predicted molar refractivity (Wildman–Crippen MR) is 71.7 cm³/mol. The Hall–Kier alpha value is -2.30. The summed E-state index contributed by atoms with van der Waals surface area (Å²) in [5.41, 5.74) is 1.59. The van der Waals surface area contributed by atoms with Gasteiger partial charge in [-0.2, -0.15) is 5.10 Å². The molecule has 1 aromatic heterocycles. The molecular weight excluding hydrogens is 242 g/mol. The molecule has 1 heterocycles. The van der Waals surface area contributed by atoms with E-state index >= 15 is 0 Å². The van der Waals surface area contributed by atoms with Crippen LogP contribution in [0.4, 0.5) is 0 Å². The highest BCUT2D eigenvalue weighted by Crippen LogP contribution is 2.15. The number of phenols is 1. The smallest absolute Gasteiger partial charge is 0.224 e. The predicted octanol–water partition coefficient (Wildman–Crippen LogP) is 1.03. The fraction of sp³-hybridized carbons (Fsp3) is 0.286. The quantitative estimate of drug-likeness (QED) is 0.842. The Morgan fingerprint density at radius 1 is 1.37 bits per heavy atom. The largest absolute Gasteiger partial charge is 0.508 e. The van der Waals surface area contributed by atoms with E-state index in [1.807, 2.05) is 19.3 Å². The van der Waals surface area contributed by atoms with Crippen molar-refractivity contribution in [3.8, 4) is 5.75 Å². The van der Waals surface area contributed by atoms with Gasteiger partial charge in [0.25, 0.3) is 0 Å². The highest BCUT2D eigenvalue weighted by molar-refractivity contribution is 5.79. The zero-order chi connectivity index (χ0) is 13.7. The van der Waals surface area contributed by atoms with E-state index in [4.69, 9.17) is 0 Å². The SMILES string of the molecule is Cn1ccc(CCNC(=O)Cc2ccccc2O)n1. The van der Waals surface area contributed by atoms with E-state index in [0.717, 1.165) is 5.69 Å². The number of aryl methyl sites for hydroxylation is 1. The van der Waals surface area contributed by atoms with Crippen LogP contribution in [0.5, 0.6) is 5.75 Å². The molecule has 0 radical (unpaired) electrons. The molecule has 0 saturated heterocycles. The summed E-state index contributed by atoms with van der Waals surface area (Å²) in [5.74, 6) is 0.0554. The highest BCUT2D eigenvalue weighted by Gasteiger charge is 2.06. The number of para-hydroxylation sites is 1. The molecule has 1 aromatic carbocycles. The number of phenolic OH excluding ortho intramolecular Hbond substituents is 1. The van der Waals surface area contributed by atoms with E-state index < -0.39 is 0 Å². The number of nitrogens with one attached hydrogen (secondary N) is 1. The van der Waals surface area contributed by atoms with Gasteiger partial charge in [-0.25, -0.2) is 0 Å². The van der Waals surface area contributed by atoms with Gasteiger partial charge in [0.15, 0.2) is 0 Å². The standard InChI is InChI=1S/C14H17N3O2/c1-17-9-7-12(16-17)6-8-15-14(19)10-11-4-2-3-5-13(11)18/h2-5,7,9,18H,6,8,10H2,1H3,(H,15,19). The van der Waals surface area contributed by atoms with Gasteiger partial charge in [-0.15, -0.1) is 0 Å². The van der Waals surface area contributed by atoms with Crippen LogP contribution in [0.3, 0.4) is 0 Å². The zero-order valence-corrected chi connectivity index (χ0v) is 10.8. The van der Waals surface area contributed by atoms with Crippen molar-refractivity contribution >= 4 is 5.91 Å². The van der Waals surface area contributed by atoms with E-state index in [9.17, 15) is 9.90 Å². The van der Waals surface area contributed by atoms with Crippen molar-refractivity contribution in [2.24, 2.45) is 7.05 Å². The number of nitrogens with zero attached hydrogens (tertiary/aromatic N) is 2. The van der Waals surface area contributed by atoms with E-state index in [0.29, 0.717) is 18.5 Å². The molecule has 1 amide bonds. The van der Waals surface area contributed by atoms with Crippen LogP contribution >= 0.6 is 0 Å². The van der Waals surface area contributed by atoms with Crippen LogP contribution in [0.25, 0.3) is 0 Å². The van der Waals surface area contributed by atoms with Crippen molar-refractivity contribution in [2.45, 2.75) is 12.8 Å². The van der Waals surface area contributed by atoms with Crippen LogP contribution in [-0.2, 0) is 24.7 Å². The molecule has 2 aromatic rings. The van der Waals surface area contributed by atoms with E-state index in [-0.39, 0.29) is 18.1 Å². The first-order valence-electron chi connectivity index (χ1n) is 6.17. The van der Waals surface area contributed by atoms with E-state index in [1.165, 1.54) is 0 Å². The van der Waals surface area contributed by atoms with E-state index in [1.54, 1.807) is 28.9 Å². The molecule has 0 aliphatic rings. The Morgan fingerprint density at radius 2 is 2.16 bits per heavy atom. The normalized spacial score (nSPS) is 10.4. The van der Waals surface area contributed by atoms with Crippen molar-refractivity contribution in [2.75, 3.05) is 6.54 Å². The minimum absolute atomic E-state index is 0.0996. The van der Waals surface area contributed by atoms with Gasteiger partial charge in [-0.05, 0) is 12.1 Å². The third-order valence-corrected chi connectivity index (χ3v) is 2.81. The Balaban J connectivity index is 1.77. The number of amides is 1. The van der Waals surface area contributed by atoms with Crippen molar-refractivity contribution < 1.29 is 9.90 Å². The number of rotatable bonds is 5. The number of carbonyl (C=O) groups excluding carboxylic acids is 1. The molecule has 0 aliphatic carbocycles. The Kier molecular flexibility index (Phi) is 4.18. The van der Waals surface area contributed by atoms with Crippen LogP contribution in [0.2, 0.25) is 0 Å². The van der Waals surface area contributed by atoms with E-state index in [2.05, 4.69) is 10.4 Å². The molecule has 100 valence electrons. The molecule has 5 nitrogen and oxygen atoms in total. The van der Waals surface area contributed by atoms with Gasteiger partial charge in [0.05, 0.1) is 12.1 Å². The highest BCUT2D eigenvalue weighted by atomic mass is 16.3. The number of carbonyl (C=O) groups is 1. The third-order valence-electron chi connectivity index (χ3n) is 2.81. The Labute approximate surface area is 111 Å². The molecule has 0 saturated carbocycles. The topological polar surface area (TPSA) is 67.2 Å². The summed E-state index contributed by atoms with van der Waals surface area (Å²) < 4.78 is 1.74. The van der Waals surface area contributed by atoms with Gasteiger partial charge >= 0.3 is 0 Å². The van der Waals surface area contributed by atoms with Gasteiger partial charge in [0.2, 0.25) is 5.91 Å². The maximum Gasteiger partial charge on any atom is 0.224 e. The number of benzene rings is 1. The lowest BCUT2D eigenvalue weighted by molar-refractivity contribution is -0.120. The van der Waals surface area contributed by atoms with Crippen LogP contribution in [0.1, 0.15) is 11.3 Å². The van der Waals surface area contributed by atoms with Gasteiger partial charge in [-0.1, -0.05) is 18.2 Å². The van der Waals surface area contributed by atoms with Crippen LogP contribution in [0.15, 0.2) is 36.5 Å². The average Bonchev–Trinajstić information content (AvgIpc) is 2.78. The second-order valence-corrected chi connectivity index (χ2v) is 4.39. The molecule has 2 rings (SSSR count). The molecule has 2 N–H and O–H groups in total. The summed E-state index contributed by atoms with van der Waals surface area (Å²) in [5, 5.41) is 16.6. The lowest BCUT2D eigenvalue weighted by Gasteiger charge is -2.05. The number of aromatic hydroxyl groups is 1. The summed E-state index contributed by atoms with van der Waals surface area (Å²) in [6.07, 6.45) is 2.77. The van der Waals surface area contributed by atoms with Gasteiger partial charge < -0.3 is 10.4 Å². The van der Waals surface area contributed by atoms with Crippen molar-refractivity contribution in [3.63, 3.8) is 0 Å². The summed E-state index contributed by atoms with van der Waals surface area (Å²) in [6, 6.07) is 8.79. The maximum absolute atomic E-state index is 11.7. The lowest BCUT2D eigenvalue weighted by Crippen LogP contribution is -2.27. The molecule has 0 aliphatic heterocycles. The first kappa shape index (κ1) is 13.1. The van der Waals surface area contributed by atoms with Crippen LogP contribution in [-0.4, -0.2) is 27.3 Å². The first-order valence-corrected chi connectivity index (χ1v) is 6.17. The van der Waals surface area contributed by atoms with Crippen molar-refractivity contribution in [3.05, 3.63) is 47.8 Å². The summed E-state index contributed by atoms with van der Waals surface area (Å²) in [7, 11) is 1.86. The van der Waals surface area contributed by atoms with Crippen molar-refractivity contribution in [1.29, 1.82) is 0 Å². The zero-order valence-electron chi connectivity index (χ0n) is 10.8. The molecule has 19 heavy (non-hydrogen) atoms. The third kappa shape index (κ3) is 3.84. The maximum atomic E-state index is 11.7. The molecular formula is C14H17N3O2. The summed E-state index contributed by atoms with van der Waals surface area (Å²) in [4.78, 5) is 11.7. The second-order valence-electron chi connectivity index (χ2n) is 4.39. The number of hydrogen-bond acceptors (Lipinski definition) is 3. The summed E-state index contributed by atoms with van der Waals surface area (Å²) >= 11 is 0. The fourth-order valence-corrected chi connectivity index (χ4v) is 1.82. The monoisotopic (exact) mass is 259 g/mol. The summed E-state index contributed by atoms with van der Waals surface area (Å²) in [6.45, 7) is 0.545. The molecule has 0 spiro atoms. The van der Waals surface area contributed by atoms with Crippen LogP contribution < -0.4 is 5.32 Å². The lowest BCUT2D eigenvalue weighted by atomic mass is 10.1. The molecule has 0 atom stereocenters. The minimum Gasteiger partial charge on any atom is -0.508 e. The first-order chi connectivity index (χ1) is 9.15. The second kappa shape index (κ2) is 6.04. The number of hydrogen-bond donors (Lipinski definition) is 2. The Morgan fingerprint density at radius 3 is 2.84 bits per heavy atom. The van der Waals surface area contributed by atoms with Gasteiger partial charge in [0, 0.05) is 31.8 Å².